The van der Waals surface area contributed by atoms with Crippen LogP contribution in [0.5, 0.6) is 0 Å². The molecule has 1 aliphatic heterocycles. The molecule has 0 aliphatic carbocycles. The van der Waals surface area contributed by atoms with Crippen molar-refractivity contribution in [1.29, 1.82) is 0 Å². The molecule has 0 amide bonds. The van der Waals surface area contributed by atoms with Crippen molar-refractivity contribution in [3.63, 3.8) is 0 Å². The summed E-state index contributed by atoms with van der Waals surface area (Å²) < 4.78 is 26.3. The molecule has 0 aromatic heterocycles. The SMILES string of the molecule is C=C(Br)CNS(=O)(=O)CC1CCCCN1. The number of hydrogen-bond acceptors (Lipinski definition) is 3. The molecule has 1 saturated heterocycles. The molecule has 0 radical (unpaired) electrons. The minimum Gasteiger partial charge on any atom is -0.313 e. The number of sulfonamides is 1. The van der Waals surface area contributed by atoms with Gasteiger partial charge in [-0.2, -0.15) is 0 Å². The third-order valence-corrected chi connectivity index (χ3v) is 4.02. The van der Waals surface area contributed by atoms with Gasteiger partial charge in [-0.25, -0.2) is 13.1 Å². The van der Waals surface area contributed by atoms with E-state index in [1.54, 1.807) is 0 Å². The van der Waals surface area contributed by atoms with E-state index in [1.807, 2.05) is 0 Å². The molecule has 4 nitrogen and oxygen atoms in total. The van der Waals surface area contributed by atoms with E-state index in [-0.39, 0.29) is 18.3 Å². The summed E-state index contributed by atoms with van der Waals surface area (Å²) in [6.45, 7) is 4.76. The molecule has 0 saturated carbocycles. The Kier molecular flexibility index (Phi) is 5.25. The van der Waals surface area contributed by atoms with Crippen LogP contribution in [0.25, 0.3) is 0 Å². The highest BCUT2D eigenvalue weighted by molar-refractivity contribution is 9.11. The highest BCUT2D eigenvalue weighted by Gasteiger charge is 2.20. The fraction of sp³-hybridized carbons (Fsp3) is 0.778. The van der Waals surface area contributed by atoms with Crippen LogP contribution in [0, 0.1) is 0 Å². The van der Waals surface area contributed by atoms with Crippen molar-refractivity contribution in [2.45, 2.75) is 25.3 Å². The molecule has 15 heavy (non-hydrogen) atoms. The van der Waals surface area contributed by atoms with Crippen LogP contribution in [-0.2, 0) is 10.0 Å². The first-order valence-corrected chi connectivity index (χ1v) is 7.48. The summed E-state index contributed by atoms with van der Waals surface area (Å²) in [4.78, 5) is 0. The third-order valence-electron chi connectivity index (χ3n) is 2.32. The standard InChI is InChI=1S/C9H17BrN2O2S/c1-8(10)6-12-15(13,14)7-9-4-2-3-5-11-9/h9,11-12H,1-7H2. The lowest BCUT2D eigenvalue weighted by Gasteiger charge is -2.23. The normalized spacial score (nSPS) is 22.6. The number of rotatable bonds is 5. The maximum Gasteiger partial charge on any atom is 0.213 e. The topological polar surface area (TPSA) is 58.2 Å². The maximum absolute atomic E-state index is 11.6. The van der Waals surface area contributed by atoms with Crippen LogP contribution in [0.15, 0.2) is 11.1 Å². The van der Waals surface area contributed by atoms with E-state index in [0.717, 1.165) is 25.8 Å². The molecule has 1 unspecified atom stereocenters. The average molecular weight is 297 g/mol. The van der Waals surface area contributed by atoms with Crippen LogP contribution >= 0.6 is 15.9 Å². The molecule has 2 N–H and O–H groups in total. The maximum atomic E-state index is 11.6. The summed E-state index contributed by atoms with van der Waals surface area (Å²) in [5.41, 5.74) is 0. The van der Waals surface area contributed by atoms with Gasteiger partial charge >= 0.3 is 0 Å². The first-order chi connectivity index (χ1) is 6.99. The fourth-order valence-electron chi connectivity index (χ4n) is 1.58. The largest absolute Gasteiger partial charge is 0.313 e. The van der Waals surface area contributed by atoms with Gasteiger partial charge in [-0.15, -0.1) is 0 Å². The molecule has 0 aromatic rings. The lowest BCUT2D eigenvalue weighted by Crippen LogP contribution is -2.42. The summed E-state index contributed by atoms with van der Waals surface area (Å²) >= 11 is 3.12. The van der Waals surface area contributed by atoms with Crippen molar-refractivity contribution < 1.29 is 8.42 Å². The first-order valence-electron chi connectivity index (χ1n) is 5.03. The zero-order valence-electron chi connectivity index (χ0n) is 8.63. The van der Waals surface area contributed by atoms with Crippen molar-refractivity contribution in [3.8, 4) is 0 Å². The molecule has 0 spiro atoms. The molecule has 0 bridgehead atoms. The molecule has 1 atom stereocenters. The lowest BCUT2D eigenvalue weighted by molar-refractivity contribution is 0.422. The van der Waals surface area contributed by atoms with Crippen molar-refractivity contribution in [2.75, 3.05) is 18.8 Å². The second-order valence-electron chi connectivity index (χ2n) is 3.77. The van der Waals surface area contributed by atoms with Gasteiger partial charge in [0.15, 0.2) is 0 Å². The molecule has 6 heteroatoms. The molecule has 1 heterocycles. The van der Waals surface area contributed by atoms with Crippen LogP contribution in [-0.4, -0.2) is 33.3 Å². The Morgan fingerprint density at radius 3 is 2.80 bits per heavy atom. The summed E-state index contributed by atoms with van der Waals surface area (Å²) in [6.07, 6.45) is 3.19. The van der Waals surface area contributed by atoms with Gasteiger partial charge in [0.05, 0.1) is 5.75 Å². The van der Waals surface area contributed by atoms with E-state index in [0.29, 0.717) is 4.48 Å². The first kappa shape index (κ1) is 13.2. The summed E-state index contributed by atoms with van der Waals surface area (Å²) in [5.74, 6) is 0.160. The molecule has 1 aliphatic rings. The highest BCUT2D eigenvalue weighted by Crippen LogP contribution is 2.09. The van der Waals surface area contributed by atoms with Gasteiger partial charge in [-0.1, -0.05) is 28.9 Å². The van der Waals surface area contributed by atoms with Crippen LogP contribution in [0.4, 0.5) is 0 Å². The van der Waals surface area contributed by atoms with E-state index in [4.69, 9.17) is 0 Å². The number of piperidine rings is 1. The van der Waals surface area contributed by atoms with Gasteiger partial charge < -0.3 is 5.32 Å². The second kappa shape index (κ2) is 5.98. The zero-order chi connectivity index (χ0) is 11.3. The van der Waals surface area contributed by atoms with E-state index in [1.165, 1.54) is 0 Å². The number of hydrogen-bond donors (Lipinski definition) is 2. The predicted molar refractivity (Wildman–Crippen MR) is 65.5 cm³/mol. The zero-order valence-corrected chi connectivity index (χ0v) is 11.0. The molecule has 1 rings (SSSR count). The Morgan fingerprint density at radius 1 is 1.53 bits per heavy atom. The van der Waals surface area contributed by atoms with Crippen molar-refractivity contribution >= 4 is 26.0 Å². The van der Waals surface area contributed by atoms with Crippen LogP contribution in [0.2, 0.25) is 0 Å². The average Bonchev–Trinajstić information content (AvgIpc) is 2.16. The quantitative estimate of drug-likeness (QED) is 0.794. The molecule has 88 valence electrons. The molecule has 0 aromatic carbocycles. The summed E-state index contributed by atoms with van der Waals surface area (Å²) in [7, 11) is -3.18. The predicted octanol–water partition coefficient (Wildman–Crippen LogP) is 0.956. The van der Waals surface area contributed by atoms with E-state index >= 15 is 0 Å². The van der Waals surface area contributed by atoms with Crippen LogP contribution < -0.4 is 10.0 Å². The van der Waals surface area contributed by atoms with Gasteiger partial charge in [0, 0.05) is 17.1 Å². The summed E-state index contributed by atoms with van der Waals surface area (Å²) in [5, 5.41) is 3.21. The lowest BCUT2D eigenvalue weighted by atomic mass is 10.1. The van der Waals surface area contributed by atoms with Gasteiger partial charge in [-0.3, -0.25) is 0 Å². The minimum atomic E-state index is -3.18. The van der Waals surface area contributed by atoms with E-state index < -0.39 is 10.0 Å². The Balaban J connectivity index is 2.37. The molecular weight excluding hydrogens is 280 g/mol. The Hall–Kier alpha value is 0.0900. The van der Waals surface area contributed by atoms with E-state index in [2.05, 4.69) is 32.5 Å². The van der Waals surface area contributed by atoms with Crippen LogP contribution in [0.1, 0.15) is 19.3 Å². The Morgan fingerprint density at radius 2 is 2.27 bits per heavy atom. The van der Waals surface area contributed by atoms with Crippen LogP contribution in [0.3, 0.4) is 0 Å². The number of halogens is 1. The van der Waals surface area contributed by atoms with Gasteiger partial charge in [-0.05, 0) is 19.4 Å². The molecule has 1 fully saturated rings. The van der Waals surface area contributed by atoms with Gasteiger partial charge in [0.1, 0.15) is 0 Å². The van der Waals surface area contributed by atoms with Crippen molar-refractivity contribution in [2.24, 2.45) is 0 Å². The minimum absolute atomic E-state index is 0.0971. The smallest absolute Gasteiger partial charge is 0.213 e. The fourth-order valence-corrected chi connectivity index (χ4v) is 3.23. The Bertz CT molecular complexity index is 310. The highest BCUT2D eigenvalue weighted by atomic mass is 79.9. The Labute approximate surface area is 99.7 Å². The van der Waals surface area contributed by atoms with Gasteiger partial charge in [0.25, 0.3) is 0 Å². The van der Waals surface area contributed by atoms with Crippen molar-refractivity contribution in [1.82, 2.24) is 10.0 Å². The van der Waals surface area contributed by atoms with E-state index in [9.17, 15) is 8.42 Å². The summed E-state index contributed by atoms with van der Waals surface area (Å²) in [6, 6.07) is 0.0971. The van der Waals surface area contributed by atoms with Crippen molar-refractivity contribution in [3.05, 3.63) is 11.1 Å². The monoisotopic (exact) mass is 296 g/mol. The molecular formula is C9H17BrN2O2S. The van der Waals surface area contributed by atoms with Gasteiger partial charge in [0.2, 0.25) is 10.0 Å². The second-order valence-corrected chi connectivity index (χ2v) is 6.74. The number of nitrogens with one attached hydrogen (secondary N) is 2. The third kappa shape index (κ3) is 5.65.